The number of halogens is 1. The van der Waals surface area contributed by atoms with Gasteiger partial charge in [-0.05, 0) is 17.7 Å². The summed E-state index contributed by atoms with van der Waals surface area (Å²) in [4.78, 5) is 1.84. The van der Waals surface area contributed by atoms with E-state index in [9.17, 15) is 0 Å². The van der Waals surface area contributed by atoms with Gasteiger partial charge < -0.3 is 15.1 Å². The van der Waals surface area contributed by atoms with Crippen LogP contribution in [-0.2, 0) is 6.54 Å². The van der Waals surface area contributed by atoms with E-state index in [0.717, 1.165) is 10.0 Å². The van der Waals surface area contributed by atoms with Crippen molar-refractivity contribution in [3.8, 4) is 0 Å². The Bertz CT molecular complexity index is 485. The number of rotatable bonds is 3. The smallest absolute Gasteiger partial charge is 0.319 e. The van der Waals surface area contributed by atoms with Gasteiger partial charge in [0.05, 0.1) is 0 Å². The van der Waals surface area contributed by atoms with Crippen LogP contribution in [0.25, 0.3) is 0 Å². The normalized spacial score (nSPS) is 10.4. The van der Waals surface area contributed by atoms with Gasteiger partial charge in [0, 0.05) is 18.1 Å². The summed E-state index contributed by atoms with van der Waals surface area (Å²) in [6, 6.07) is 8.52. The molecule has 0 aliphatic rings. The first-order valence-electron chi connectivity index (χ1n) is 4.70. The summed E-state index contributed by atoms with van der Waals surface area (Å²) in [5, 5.41) is 7.41. The minimum absolute atomic E-state index is 0.0797. The molecule has 2 N–H and O–H groups in total. The molecule has 0 fully saturated rings. The molecular formula is C10H11BrN4O. The minimum atomic E-state index is 0.0797. The Labute approximate surface area is 101 Å². The maximum atomic E-state index is 5.36. The lowest BCUT2D eigenvalue weighted by atomic mass is 10.2. The number of hydrogen-bond acceptors (Lipinski definition) is 5. The molecule has 0 unspecified atom stereocenters. The lowest BCUT2D eigenvalue weighted by Crippen LogP contribution is -2.16. The average molecular weight is 283 g/mol. The molecule has 0 radical (unpaired) electrons. The molecule has 0 saturated heterocycles. The van der Waals surface area contributed by atoms with E-state index in [2.05, 4.69) is 26.1 Å². The van der Waals surface area contributed by atoms with E-state index in [1.54, 1.807) is 0 Å². The van der Waals surface area contributed by atoms with Crippen molar-refractivity contribution < 1.29 is 4.42 Å². The van der Waals surface area contributed by atoms with Crippen LogP contribution in [0, 0.1) is 0 Å². The predicted molar refractivity (Wildman–Crippen MR) is 65.0 cm³/mol. The standard InChI is InChI=1S/C10H11BrN4O/c1-15(10-14-13-9(12)16-10)6-7-3-2-4-8(11)5-7/h2-5H,6H2,1H3,(H2,12,13). The van der Waals surface area contributed by atoms with Gasteiger partial charge in [-0.3, -0.25) is 0 Å². The Kier molecular flexibility index (Phi) is 3.09. The summed E-state index contributed by atoms with van der Waals surface area (Å²) >= 11 is 3.42. The van der Waals surface area contributed by atoms with E-state index in [1.807, 2.05) is 36.2 Å². The highest BCUT2D eigenvalue weighted by atomic mass is 79.9. The lowest BCUT2D eigenvalue weighted by Gasteiger charge is -2.13. The second-order valence-electron chi connectivity index (χ2n) is 3.41. The molecule has 5 nitrogen and oxygen atoms in total. The van der Waals surface area contributed by atoms with Crippen LogP contribution in [-0.4, -0.2) is 17.2 Å². The highest BCUT2D eigenvalue weighted by molar-refractivity contribution is 9.10. The summed E-state index contributed by atoms with van der Waals surface area (Å²) < 4.78 is 6.16. The first kappa shape index (κ1) is 10.9. The quantitative estimate of drug-likeness (QED) is 0.933. The number of benzene rings is 1. The third kappa shape index (κ3) is 2.52. The SMILES string of the molecule is CN(Cc1cccc(Br)c1)c1nnc(N)o1. The van der Waals surface area contributed by atoms with E-state index in [0.29, 0.717) is 12.6 Å². The van der Waals surface area contributed by atoms with Crippen LogP contribution in [0.2, 0.25) is 0 Å². The first-order valence-corrected chi connectivity index (χ1v) is 5.49. The Morgan fingerprint density at radius 3 is 2.88 bits per heavy atom. The molecule has 84 valence electrons. The Morgan fingerprint density at radius 1 is 1.44 bits per heavy atom. The molecule has 1 heterocycles. The zero-order valence-corrected chi connectivity index (χ0v) is 10.3. The van der Waals surface area contributed by atoms with Crippen LogP contribution in [0.4, 0.5) is 12.0 Å². The fraction of sp³-hybridized carbons (Fsp3) is 0.200. The number of aromatic nitrogens is 2. The first-order chi connectivity index (χ1) is 7.65. The number of anilines is 2. The number of nitrogen functional groups attached to an aromatic ring is 1. The zero-order chi connectivity index (χ0) is 11.5. The predicted octanol–water partition coefficient (Wildman–Crippen LogP) is 2.05. The van der Waals surface area contributed by atoms with Crippen molar-refractivity contribution in [3.05, 3.63) is 34.3 Å². The van der Waals surface area contributed by atoms with Gasteiger partial charge in [0.15, 0.2) is 0 Å². The molecule has 2 rings (SSSR count). The molecular weight excluding hydrogens is 272 g/mol. The van der Waals surface area contributed by atoms with Crippen molar-refractivity contribution in [2.75, 3.05) is 17.7 Å². The van der Waals surface area contributed by atoms with Crippen molar-refractivity contribution in [3.63, 3.8) is 0 Å². The summed E-state index contributed by atoms with van der Waals surface area (Å²) in [6.45, 7) is 0.682. The third-order valence-corrected chi connectivity index (χ3v) is 2.56. The molecule has 0 atom stereocenters. The Morgan fingerprint density at radius 2 is 2.25 bits per heavy atom. The number of hydrogen-bond donors (Lipinski definition) is 1. The molecule has 0 bridgehead atoms. The summed E-state index contributed by atoms with van der Waals surface area (Å²) in [6.07, 6.45) is 0. The molecule has 0 amide bonds. The van der Waals surface area contributed by atoms with Gasteiger partial charge in [-0.25, -0.2) is 0 Å². The van der Waals surface area contributed by atoms with E-state index in [1.165, 1.54) is 0 Å². The van der Waals surface area contributed by atoms with Crippen molar-refractivity contribution in [2.45, 2.75) is 6.54 Å². The van der Waals surface area contributed by atoms with Gasteiger partial charge in [-0.15, -0.1) is 0 Å². The van der Waals surface area contributed by atoms with Gasteiger partial charge in [0.25, 0.3) is 0 Å². The van der Waals surface area contributed by atoms with E-state index >= 15 is 0 Å². The topological polar surface area (TPSA) is 68.2 Å². The van der Waals surface area contributed by atoms with Crippen molar-refractivity contribution in [2.24, 2.45) is 0 Å². The fourth-order valence-corrected chi connectivity index (χ4v) is 1.80. The molecule has 0 saturated carbocycles. The average Bonchev–Trinajstić information content (AvgIpc) is 2.65. The van der Waals surface area contributed by atoms with Crippen molar-refractivity contribution in [1.82, 2.24) is 10.2 Å². The van der Waals surface area contributed by atoms with Crippen LogP contribution in [0.5, 0.6) is 0 Å². The van der Waals surface area contributed by atoms with Crippen molar-refractivity contribution >= 4 is 28.0 Å². The van der Waals surface area contributed by atoms with Gasteiger partial charge in [0.2, 0.25) is 0 Å². The van der Waals surface area contributed by atoms with Crippen LogP contribution < -0.4 is 10.6 Å². The van der Waals surface area contributed by atoms with Crippen LogP contribution in [0.1, 0.15) is 5.56 Å². The largest absolute Gasteiger partial charge is 0.390 e. The second-order valence-corrected chi connectivity index (χ2v) is 4.32. The van der Waals surface area contributed by atoms with Gasteiger partial charge in [-0.1, -0.05) is 38.3 Å². The third-order valence-electron chi connectivity index (χ3n) is 2.07. The maximum Gasteiger partial charge on any atom is 0.319 e. The molecule has 0 aliphatic carbocycles. The molecule has 16 heavy (non-hydrogen) atoms. The Balaban J connectivity index is 2.10. The van der Waals surface area contributed by atoms with Crippen LogP contribution >= 0.6 is 15.9 Å². The molecule has 1 aromatic heterocycles. The second kappa shape index (κ2) is 4.52. The minimum Gasteiger partial charge on any atom is -0.390 e. The molecule has 6 heteroatoms. The van der Waals surface area contributed by atoms with Gasteiger partial charge in [-0.2, -0.15) is 0 Å². The summed E-state index contributed by atoms with van der Waals surface area (Å²) in [7, 11) is 1.87. The van der Waals surface area contributed by atoms with E-state index in [-0.39, 0.29) is 6.01 Å². The number of nitrogens with zero attached hydrogens (tertiary/aromatic N) is 3. The molecule has 0 aliphatic heterocycles. The van der Waals surface area contributed by atoms with Gasteiger partial charge in [0.1, 0.15) is 0 Å². The monoisotopic (exact) mass is 282 g/mol. The molecule has 2 aromatic rings. The summed E-state index contributed by atoms with van der Waals surface area (Å²) in [5.74, 6) is 0. The fourth-order valence-electron chi connectivity index (χ4n) is 1.36. The summed E-state index contributed by atoms with van der Waals surface area (Å²) in [5.41, 5.74) is 6.51. The van der Waals surface area contributed by atoms with E-state index in [4.69, 9.17) is 10.2 Å². The highest BCUT2D eigenvalue weighted by Crippen LogP contribution is 2.17. The van der Waals surface area contributed by atoms with Crippen molar-refractivity contribution in [1.29, 1.82) is 0 Å². The molecule has 0 spiro atoms. The zero-order valence-electron chi connectivity index (χ0n) is 8.72. The lowest BCUT2D eigenvalue weighted by molar-refractivity contribution is 0.559. The highest BCUT2D eigenvalue weighted by Gasteiger charge is 2.09. The Hall–Kier alpha value is -1.56. The van der Waals surface area contributed by atoms with Gasteiger partial charge >= 0.3 is 12.0 Å². The number of nitrogens with two attached hydrogens (primary N) is 1. The van der Waals surface area contributed by atoms with E-state index < -0.39 is 0 Å². The molecule has 1 aromatic carbocycles. The van der Waals surface area contributed by atoms with Crippen LogP contribution in [0.15, 0.2) is 33.2 Å². The van der Waals surface area contributed by atoms with Crippen LogP contribution in [0.3, 0.4) is 0 Å². The maximum absolute atomic E-state index is 5.36.